The van der Waals surface area contributed by atoms with E-state index in [1.54, 1.807) is 24.9 Å². The molecule has 0 saturated heterocycles. The van der Waals surface area contributed by atoms with E-state index < -0.39 is 0 Å². The van der Waals surface area contributed by atoms with Crippen molar-refractivity contribution in [3.8, 4) is 11.8 Å². The maximum Gasteiger partial charge on any atom is 0.255 e. The van der Waals surface area contributed by atoms with Gasteiger partial charge in [0.25, 0.3) is 5.91 Å². The second-order valence-electron chi connectivity index (χ2n) is 2.51. The number of carbonyl (C=O) groups excluding carboxylic acids is 1. The van der Waals surface area contributed by atoms with Gasteiger partial charge in [0.15, 0.2) is 0 Å². The van der Waals surface area contributed by atoms with Crippen molar-refractivity contribution < 1.29 is 4.79 Å². The van der Waals surface area contributed by atoms with Crippen LogP contribution in [0, 0.1) is 11.8 Å². The predicted molar refractivity (Wildman–Crippen MR) is 49.0 cm³/mol. The van der Waals surface area contributed by atoms with Crippen molar-refractivity contribution in [3.05, 3.63) is 18.0 Å². The fraction of sp³-hybridized carbons (Fsp3) is 0.333. The molecule has 1 heterocycles. The molecule has 1 rings (SSSR count). The summed E-state index contributed by atoms with van der Waals surface area (Å²) in [6.45, 7) is 2.11. The van der Waals surface area contributed by atoms with Crippen LogP contribution in [0.4, 0.5) is 0 Å². The van der Waals surface area contributed by atoms with Crippen LogP contribution in [-0.2, 0) is 7.05 Å². The maximum atomic E-state index is 11.3. The highest BCUT2D eigenvalue weighted by atomic mass is 16.1. The van der Waals surface area contributed by atoms with Crippen LogP contribution >= 0.6 is 0 Å². The van der Waals surface area contributed by atoms with Gasteiger partial charge in [-0.05, 0) is 6.92 Å². The van der Waals surface area contributed by atoms with Gasteiger partial charge in [-0.15, -0.1) is 5.92 Å². The fourth-order valence-corrected chi connectivity index (χ4v) is 0.853. The number of aromatic nitrogens is 2. The molecule has 0 unspecified atom stereocenters. The van der Waals surface area contributed by atoms with Crippen LogP contribution < -0.4 is 5.32 Å². The summed E-state index contributed by atoms with van der Waals surface area (Å²) in [4.78, 5) is 11.3. The van der Waals surface area contributed by atoms with E-state index in [2.05, 4.69) is 22.3 Å². The van der Waals surface area contributed by atoms with Crippen LogP contribution in [0.1, 0.15) is 17.3 Å². The molecule has 68 valence electrons. The highest BCUT2D eigenvalue weighted by molar-refractivity contribution is 5.93. The third-order valence-corrected chi connectivity index (χ3v) is 1.48. The summed E-state index contributed by atoms with van der Waals surface area (Å²) < 4.78 is 1.58. The fourth-order valence-electron chi connectivity index (χ4n) is 0.853. The first-order valence-electron chi connectivity index (χ1n) is 3.90. The monoisotopic (exact) mass is 177 g/mol. The van der Waals surface area contributed by atoms with Gasteiger partial charge in [0, 0.05) is 13.2 Å². The molecule has 0 aliphatic heterocycles. The van der Waals surface area contributed by atoms with Crippen molar-refractivity contribution in [2.45, 2.75) is 6.92 Å². The first kappa shape index (κ1) is 9.33. The predicted octanol–water partition coefficient (Wildman–Crippen LogP) is 0.173. The topological polar surface area (TPSA) is 46.9 Å². The summed E-state index contributed by atoms with van der Waals surface area (Å²) in [5.41, 5.74) is 0.556. The highest BCUT2D eigenvalue weighted by Crippen LogP contribution is 1.94. The van der Waals surface area contributed by atoms with Gasteiger partial charge in [0.05, 0.1) is 18.3 Å². The van der Waals surface area contributed by atoms with Crippen LogP contribution in [0.15, 0.2) is 12.4 Å². The number of rotatable bonds is 2. The molecule has 0 atom stereocenters. The Morgan fingerprint density at radius 3 is 3.08 bits per heavy atom. The Morgan fingerprint density at radius 1 is 1.77 bits per heavy atom. The minimum absolute atomic E-state index is 0.143. The second kappa shape index (κ2) is 4.31. The van der Waals surface area contributed by atoms with Gasteiger partial charge in [0.1, 0.15) is 0 Å². The molecule has 13 heavy (non-hydrogen) atoms. The lowest BCUT2D eigenvalue weighted by molar-refractivity contribution is 0.0958. The summed E-state index contributed by atoms with van der Waals surface area (Å²) >= 11 is 0. The molecule has 4 nitrogen and oxygen atoms in total. The average molecular weight is 177 g/mol. The van der Waals surface area contributed by atoms with E-state index in [4.69, 9.17) is 0 Å². The Bertz CT molecular complexity index is 356. The minimum atomic E-state index is -0.143. The van der Waals surface area contributed by atoms with Gasteiger partial charge in [-0.2, -0.15) is 5.10 Å². The smallest absolute Gasteiger partial charge is 0.255 e. The molecule has 0 spiro atoms. The summed E-state index contributed by atoms with van der Waals surface area (Å²) in [7, 11) is 1.77. The first-order chi connectivity index (χ1) is 6.24. The molecular formula is C9H11N3O. The second-order valence-corrected chi connectivity index (χ2v) is 2.51. The quantitative estimate of drug-likeness (QED) is 0.655. The van der Waals surface area contributed by atoms with E-state index in [0.29, 0.717) is 12.1 Å². The molecule has 1 aromatic rings. The molecule has 0 radical (unpaired) electrons. The average Bonchev–Trinajstić information content (AvgIpc) is 2.52. The van der Waals surface area contributed by atoms with E-state index in [1.165, 1.54) is 6.20 Å². The Hall–Kier alpha value is -1.76. The van der Waals surface area contributed by atoms with Crippen molar-refractivity contribution >= 4 is 5.91 Å². The minimum Gasteiger partial charge on any atom is -0.341 e. The molecule has 0 bridgehead atoms. The number of hydrogen-bond donors (Lipinski definition) is 1. The van der Waals surface area contributed by atoms with Gasteiger partial charge in [-0.1, -0.05) is 5.92 Å². The molecular weight excluding hydrogens is 166 g/mol. The number of nitrogens with one attached hydrogen (secondary N) is 1. The third kappa shape index (κ3) is 2.64. The number of amides is 1. The summed E-state index contributed by atoms with van der Waals surface area (Å²) in [5.74, 6) is 5.30. The molecule has 0 aliphatic rings. The number of hydrogen-bond acceptors (Lipinski definition) is 2. The van der Waals surface area contributed by atoms with Crippen molar-refractivity contribution in [2.75, 3.05) is 6.54 Å². The van der Waals surface area contributed by atoms with Crippen LogP contribution in [-0.4, -0.2) is 22.2 Å². The van der Waals surface area contributed by atoms with Crippen LogP contribution in [0.5, 0.6) is 0 Å². The van der Waals surface area contributed by atoms with Gasteiger partial charge < -0.3 is 5.32 Å². The lowest BCUT2D eigenvalue weighted by Gasteiger charge is -1.95. The Balaban J connectivity index is 2.52. The standard InChI is InChI=1S/C9H11N3O/c1-3-4-5-10-9(13)8-6-11-12(2)7-8/h6-7H,5H2,1-2H3,(H,10,13). The van der Waals surface area contributed by atoms with Gasteiger partial charge in [0.2, 0.25) is 0 Å². The van der Waals surface area contributed by atoms with Crippen LogP contribution in [0.3, 0.4) is 0 Å². The largest absolute Gasteiger partial charge is 0.341 e. The number of aryl methyl sites for hydroxylation is 1. The highest BCUT2D eigenvalue weighted by Gasteiger charge is 2.04. The van der Waals surface area contributed by atoms with Crippen molar-refractivity contribution in [2.24, 2.45) is 7.05 Å². The van der Waals surface area contributed by atoms with Crippen molar-refractivity contribution in [1.82, 2.24) is 15.1 Å². The summed E-state index contributed by atoms with van der Waals surface area (Å²) in [6.07, 6.45) is 3.18. The van der Waals surface area contributed by atoms with Crippen LogP contribution in [0.25, 0.3) is 0 Å². The van der Waals surface area contributed by atoms with E-state index in [0.717, 1.165) is 0 Å². The zero-order chi connectivity index (χ0) is 9.68. The van der Waals surface area contributed by atoms with Crippen LogP contribution in [0.2, 0.25) is 0 Å². The third-order valence-electron chi connectivity index (χ3n) is 1.48. The zero-order valence-electron chi connectivity index (χ0n) is 7.66. The molecule has 0 saturated carbocycles. The molecule has 0 aromatic carbocycles. The summed E-state index contributed by atoms with van der Waals surface area (Å²) in [6, 6.07) is 0. The molecule has 4 heteroatoms. The molecule has 1 aromatic heterocycles. The molecule has 1 amide bonds. The van der Waals surface area contributed by atoms with Crippen molar-refractivity contribution in [3.63, 3.8) is 0 Å². The summed E-state index contributed by atoms with van der Waals surface area (Å²) in [5, 5.41) is 6.53. The van der Waals surface area contributed by atoms with E-state index in [9.17, 15) is 4.79 Å². The van der Waals surface area contributed by atoms with E-state index in [1.807, 2.05) is 0 Å². The van der Waals surface area contributed by atoms with Gasteiger partial charge >= 0.3 is 0 Å². The molecule has 0 fully saturated rings. The van der Waals surface area contributed by atoms with Gasteiger partial charge in [-0.25, -0.2) is 0 Å². The van der Waals surface area contributed by atoms with E-state index >= 15 is 0 Å². The Labute approximate surface area is 76.9 Å². The number of nitrogens with zero attached hydrogens (tertiary/aromatic N) is 2. The van der Waals surface area contributed by atoms with E-state index in [-0.39, 0.29) is 5.91 Å². The van der Waals surface area contributed by atoms with Gasteiger partial charge in [-0.3, -0.25) is 9.48 Å². The Morgan fingerprint density at radius 2 is 2.54 bits per heavy atom. The lowest BCUT2D eigenvalue weighted by atomic mass is 10.3. The SMILES string of the molecule is CC#CCNC(=O)c1cnn(C)c1. The normalized spacial score (nSPS) is 8.77. The zero-order valence-corrected chi connectivity index (χ0v) is 7.66. The maximum absolute atomic E-state index is 11.3. The first-order valence-corrected chi connectivity index (χ1v) is 3.90. The van der Waals surface area contributed by atoms with Crippen molar-refractivity contribution in [1.29, 1.82) is 0 Å². The number of carbonyl (C=O) groups is 1. The molecule has 1 N–H and O–H groups in total. The molecule has 0 aliphatic carbocycles. The lowest BCUT2D eigenvalue weighted by Crippen LogP contribution is -2.23. The Kier molecular flexibility index (Phi) is 3.09.